The van der Waals surface area contributed by atoms with Crippen molar-refractivity contribution in [3.05, 3.63) is 105 Å². The topological polar surface area (TPSA) is 101 Å². The van der Waals surface area contributed by atoms with Gasteiger partial charge in [0, 0.05) is 36.3 Å². The fourth-order valence-electron chi connectivity index (χ4n) is 7.34. The summed E-state index contributed by atoms with van der Waals surface area (Å²) in [5.74, 6) is 1.71. The minimum Gasteiger partial charge on any atom is -0.496 e. The van der Waals surface area contributed by atoms with Gasteiger partial charge in [-0.3, -0.25) is 9.80 Å². The number of carboxylic acid groups (broad SMARTS) is 1. The van der Waals surface area contributed by atoms with Gasteiger partial charge in [-0.25, -0.2) is 4.79 Å². The summed E-state index contributed by atoms with van der Waals surface area (Å²) in [6.45, 7) is 1.51. The summed E-state index contributed by atoms with van der Waals surface area (Å²) in [7, 11) is 7.29. The van der Waals surface area contributed by atoms with Crippen LogP contribution in [0, 0.1) is 0 Å². The number of ether oxygens (including phenoxy) is 4. The summed E-state index contributed by atoms with van der Waals surface area (Å²) in [5.41, 5.74) is 6.91. The molecule has 0 saturated carbocycles. The van der Waals surface area contributed by atoms with E-state index in [0.29, 0.717) is 41.4 Å². The number of methoxy groups -OCH3 is 2. The van der Waals surface area contributed by atoms with Crippen molar-refractivity contribution in [1.82, 2.24) is 9.80 Å². The van der Waals surface area contributed by atoms with E-state index in [9.17, 15) is 15.0 Å². The highest BCUT2D eigenvalue weighted by atomic mass is 16.5. The fourth-order valence-corrected chi connectivity index (χ4v) is 7.34. The Kier molecular flexibility index (Phi) is 8.30. The lowest BCUT2D eigenvalue weighted by Crippen LogP contribution is -2.34. The van der Waals surface area contributed by atoms with Gasteiger partial charge in [0.2, 0.25) is 0 Å². The van der Waals surface area contributed by atoms with Crippen molar-refractivity contribution < 1.29 is 34.0 Å². The summed E-state index contributed by atoms with van der Waals surface area (Å²) < 4.78 is 24.8. The molecule has 0 amide bonds. The fraction of sp³-hybridized carbons (Fsp3) is 0.342. The highest BCUT2D eigenvalue weighted by Crippen LogP contribution is 2.48. The van der Waals surface area contributed by atoms with Crippen molar-refractivity contribution in [2.24, 2.45) is 0 Å². The van der Waals surface area contributed by atoms with Crippen molar-refractivity contribution in [2.75, 3.05) is 41.4 Å². The zero-order valence-corrected chi connectivity index (χ0v) is 27.2. The molecule has 4 aliphatic heterocycles. The van der Waals surface area contributed by atoms with Gasteiger partial charge < -0.3 is 29.2 Å². The lowest BCUT2D eigenvalue weighted by Gasteiger charge is -2.37. The molecular weight excluding hydrogens is 596 g/mol. The van der Waals surface area contributed by atoms with Crippen molar-refractivity contribution in [1.29, 1.82) is 0 Å². The first-order chi connectivity index (χ1) is 22.8. The molecule has 0 aromatic heterocycles. The molecule has 0 unspecified atom stereocenters. The number of carbonyl (C=O) groups is 1. The molecule has 8 rings (SSSR count). The van der Waals surface area contributed by atoms with Gasteiger partial charge in [0.05, 0.1) is 20.8 Å². The van der Waals surface area contributed by atoms with Gasteiger partial charge in [-0.1, -0.05) is 24.3 Å². The third-order valence-corrected chi connectivity index (χ3v) is 9.98. The van der Waals surface area contributed by atoms with Crippen LogP contribution in [0.25, 0.3) is 0 Å². The molecular formula is C38H40N2O7. The number of aromatic carboxylic acids is 1. The summed E-state index contributed by atoms with van der Waals surface area (Å²) in [6, 6.07) is 19.8. The molecule has 0 saturated heterocycles. The Labute approximate surface area is 274 Å². The second-order valence-corrected chi connectivity index (χ2v) is 12.7. The average molecular weight is 637 g/mol. The van der Waals surface area contributed by atoms with Crippen LogP contribution in [-0.4, -0.2) is 67.4 Å². The quantitative estimate of drug-likeness (QED) is 0.266. The Morgan fingerprint density at radius 2 is 1.47 bits per heavy atom. The number of rotatable bonds is 4. The summed E-state index contributed by atoms with van der Waals surface area (Å²) in [4.78, 5) is 17.6. The molecule has 4 aromatic carbocycles. The van der Waals surface area contributed by atoms with Gasteiger partial charge in [0.15, 0.2) is 17.2 Å². The Morgan fingerprint density at radius 1 is 0.809 bits per heavy atom. The number of carboxylic acids is 1. The molecule has 0 aliphatic carbocycles. The third-order valence-electron chi connectivity index (χ3n) is 9.98. The Balaban J connectivity index is 1.49. The predicted octanol–water partition coefficient (Wildman–Crippen LogP) is 6.34. The van der Waals surface area contributed by atoms with E-state index in [1.165, 1.54) is 12.7 Å². The first-order valence-electron chi connectivity index (χ1n) is 16.0. The number of aliphatic hydroxyl groups is 1. The highest BCUT2D eigenvalue weighted by molar-refractivity contribution is 5.95. The van der Waals surface area contributed by atoms with Gasteiger partial charge in [-0.2, -0.15) is 0 Å². The predicted molar refractivity (Wildman–Crippen MR) is 177 cm³/mol. The summed E-state index contributed by atoms with van der Waals surface area (Å²) in [6.07, 6.45) is 2.88. The molecule has 4 aromatic rings. The van der Waals surface area contributed by atoms with Crippen LogP contribution in [0.3, 0.4) is 0 Å². The van der Waals surface area contributed by atoms with E-state index in [2.05, 4.69) is 36.0 Å². The molecule has 2 atom stereocenters. The largest absolute Gasteiger partial charge is 0.496 e. The van der Waals surface area contributed by atoms with Crippen molar-refractivity contribution >= 4 is 5.97 Å². The molecule has 2 N–H and O–H groups in total. The van der Waals surface area contributed by atoms with E-state index in [4.69, 9.17) is 18.9 Å². The van der Waals surface area contributed by atoms with Crippen LogP contribution in [0.5, 0.6) is 34.5 Å². The first-order valence-corrected chi connectivity index (χ1v) is 16.0. The Morgan fingerprint density at radius 3 is 2.17 bits per heavy atom. The Hall–Kier alpha value is -4.57. The molecule has 4 aliphatic rings. The van der Waals surface area contributed by atoms with Crippen LogP contribution in [0.4, 0.5) is 0 Å². The van der Waals surface area contributed by atoms with E-state index in [1.54, 1.807) is 7.11 Å². The number of likely N-dealkylation sites (N-methyl/N-ethyl adjacent to an activating group) is 2. The minimum absolute atomic E-state index is 0.0198. The standard InChI is InChI=1S/C38H40N2O7/c1-39-13-11-24-18-32(44-3)33-20-28(24)29(39)15-22-6-9-27(10-7-22)46-31-17-23(5-8-26(31)21-41)16-30-35-25(12-14-40(30)2)19-34(45-4)36(38(42)43)37(35)47-33/h5-10,17-20,29-30,41H,11-16,21H2,1-4H3,(H,42,43)/t29-,30+/m0/s1. The van der Waals surface area contributed by atoms with Crippen molar-refractivity contribution in [2.45, 2.75) is 44.4 Å². The monoisotopic (exact) mass is 636 g/mol. The number of hydrogen-bond donors (Lipinski definition) is 2. The van der Waals surface area contributed by atoms with Gasteiger partial charge in [-0.15, -0.1) is 0 Å². The van der Waals surface area contributed by atoms with Crippen LogP contribution in [0.1, 0.15) is 61.4 Å². The maximum absolute atomic E-state index is 13.0. The van der Waals surface area contributed by atoms with Crippen LogP contribution < -0.4 is 18.9 Å². The van der Waals surface area contributed by atoms with Gasteiger partial charge in [0.25, 0.3) is 0 Å². The maximum atomic E-state index is 13.0. The van der Waals surface area contributed by atoms with Crippen LogP contribution >= 0.6 is 0 Å². The van der Waals surface area contributed by atoms with Crippen LogP contribution in [0.2, 0.25) is 0 Å². The number of benzene rings is 4. The van der Waals surface area contributed by atoms with Gasteiger partial charge >= 0.3 is 5.97 Å². The lowest BCUT2D eigenvalue weighted by molar-refractivity contribution is 0.0689. The van der Waals surface area contributed by atoms with E-state index in [-0.39, 0.29) is 35.8 Å². The lowest BCUT2D eigenvalue weighted by atomic mass is 9.86. The summed E-state index contributed by atoms with van der Waals surface area (Å²) in [5, 5.41) is 20.8. The molecule has 6 bridgehead atoms. The second kappa shape index (κ2) is 12.6. The van der Waals surface area contributed by atoms with Crippen LogP contribution in [-0.2, 0) is 32.3 Å². The van der Waals surface area contributed by atoms with E-state index >= 15 is 0 Å². The van der Waals surface area contributed by atoms with Crippen LogP contribution in [0.15, 0.2) is 60.7 Å². The van der Waals surface area contributed by atoms with E-state index in [1.807, 2.05) is 48.5 Å². The minimum atomic E-state index is -1.13. The molecule has 9 nitrogen and oxygen atoms in total. The smallest absolute Gasteiger partial charge is 0.343 e. The van der Waals surface area contributed by atoms with Crippen molar-refractivity contribution in [3.63, 3.8) is 0 Å². The molecule has 0 radical (unpaired) electrons. The molecule has 0 fully saturated rings. The zero-order chi connectivity index (χ0) is 32.8. The normalized spacial score (nSPS) is 19.1. The molecule has 4 heterocycles. The third kappa shape index (κ3) is 5.69. The summed E-state index contributed by atoms with van der Waals surface area (Å²) >= 11 is 0. The van der Waals surface area contributed by atoms with Gasteiger partial charge in [0.1, 0.15) is 22.8 Å². The molecule has 0 spiro atoms. The second-order valence-electron chi connectivity index (χ2n) is 12.7. The molecule has 9 heteroatoms. The highest BCUT2D eigenvalue weighted by Gasteiger charge is 2.35. The van der Waals surface area contributed by atoms with Gasteiger partial charge in [-0.05, 0) is 104 Å². The maximum Gasteiger partial charge on any atom is 0.343 e. The first kappa shape index (κ1) is 31.1. The Bertz CT molecular complexity index is 1840. The number of hydrogen-bond acceptors (Lipinski definition) is 8. The number of nitrogens with zero attached hydrogens (tertiary/aromatic N) is 2. The SMILES string of the molecule is COc1cc2c3cc1Oc1c(C(=O)O)c(OC)cc4c1[C@@H](Cc1ccc(CO)c(c1)Oc1ccc(cc1)C[C@@H]3N(C)CC2)N(C)CC4. The average Bonchev–Trinajstić information content (AvgIpc) is 3.07. The molecule has 244 valence electrons. The van der Waals surface area contributed by atoms with E-state index in [0.717, 1.165) is 53.7 Å². The van der Waals surface area contributed by atoms with Crippen molar-refractivity contribution in [3.8, 4) is 34.5 Å². The van der Waals surface area contributed by atoms with E-state index < -0.39 is 5.97 Å². The number of fused-ring (bicyclic) bond motifs is 2. The zero-order valence-electron chi connectivity index (χ0n) is 27.2. The number of aliphatic hydroxyl groups excluding tert-OH is 1. The molecule has 47 heavy (non-hydrogen) atoms.